The third-order valence-electron chi connectivity index (χ3n) is 2.91. The van der Waals surface area contributed by atoms with Crippen molar-refractivity contribution in [3.63, 3.8) is 0 Å². The third-order valence-corrected chi connectivity index (χ3v) is 3.60. The molecule has 1 aliphatic rings. The van der Waals surface area contributed by atoms with E-state index in [-0.39, 0.29) is 17.8 Å². The molecule has 1 atom stereocenters. The summed E-state index contributed by atoms with van der Waals surface area (Å²) >= 11 is 3.21. The van der Waals surface area contributed by atoms with Gasteiger partial charge >= 0.3 is 0 Å². The molecule has 0 aromatic heterocycles. The number of Topliss-reactive ketones (excluding diaryl/α,β-unsaturated/α-hetero) is 1. The quantitative estimate of drug-likeness (QED) is 0.820. The van der Waals surface area contributed by atoms with E-state index in [0.717, 1.165) is 0 Å². The SMILES string of the molecule is CC(=O)C1=C(O)CC(c2ccc(F)cc2Br)NC1=O. The largest absolute Gasteiger partial charge is 0.511 e. The van der Waals surface area contributed by atoms with Crippen LogP contribution in [0.15, 0.2) is 34.0 Å². The topological polar surface area (TPSA) is 66.4 Å². The van der Waals surface area contributed by atoms with Gasteiger partial charge in [0.25, 0.3) is 5.91 Å². The first kappa shape index (κ1) is 13.7. The first-order chi connectivity index (χ1) is 8.90. The van der Waals surface area contributed by atoms with Gasteiger partial charge in [0.05, 0.1) is 6.04 Å². The molecule has 0 saturated heterocycles. The minimum atomic E-state index is -0.613. The van der Waals surface area contributed by atoms with Crippen molar-refractivity contribution in [3.8, 4) is 0 Å². The van der Waals surface area contributed by atoms with Gasteiger partial charge in [0.1, 0.15) is 17.1 Å². The van der Waals surface area contributed by atoms with Crippen molar-refractivity contribution in [2.24, 2.45) is 0 Å². The van der Waals surface area contributed by atoms with Crippen molar-refractivity contribution < 1.29 is 19.1 Å². The predicted octanol–water partition coefficient (Wildman–Crippen LogP) is 2.55. The van der Waals surface area contributed by atoms with E-state index >= 15 is 0 Å². The summed E-state index contributed by atoms with van der Waals surface area (Å²) in [5.74, 6) is -1.73. The zero-order chi connectivity index (χ0) is 14.2. The Bertz CT molecular complexity index is 598. The number of ketones is 1. The second-order valence-electron chi connectivity index (χ2n) is 4.27. The van der Waals surface area contributed by atoms with Crippen LogP contribution in [0.3, 0.4) is 0 Å². The molecule has 2 N–H and O–H groups in total. The molecule has 1 aromatic rings. The summed E-state index contributed by atoms with van der Waals surface area (Å²) in [6.07, 6.45) is 0.102. The smallest absolute Gasteiger partial charge is 0.258 e. The first-order valence-corrected chi connectivity index (χ1v) is 6.38. The van der Waals surface area contributed by atoms with Crippen LogP contribution in [-0.4, -0.2) is 16.8 Å². The average Bonchev–Trinajstić information content (AvgIpc) is 2.26. The number of carbonyl (C=O) groups excluding carboxylic acids is 2. The molecule has 1 aliphatic heterocycles. The number of rotatable bonds is 2. The number of aliphatic hydroxyl groups is 1. The highest BCUT2D eigenvalue weighted by atomic mass is 79.9. The fourth-order valence-corrected chi connectivity index (χ4v) is 2.67. The van der Waals surface area contributed by atoms with Crippen molar-refractivity contribution in [1.29, 1.82) is 0 Å². The number of nitrogens with one attached hydrogen (secondary N) is 1. The Kier molecular flexibility index (Phi) is 3.71. The zero-order valence-electron chi connectivity index (χ0n) is 10.0. The number of aliphatic hydroxyl groups excluding tert-OH is 1. The van der Waals surface area contributed by atoms with E-state index < -0.39 is 23.5 Å². The minimum absolute atomic E-state index is 0.102. The van der Waals surface area contributed by atoms with Crippen LogP contribution in [-0.2, 0) is 9.59 Å². The maximum atomic E-state index is 13.0. The van der Waals surface area contributed by atoms with Crippen molar-refractivity contribution in [3.05, 3.63) is 45.4 Å². The van der Waals surface area contributed by atoms with Gasteiger partial charge in [0, 0.05) is 10.9 Å². The van der Waals surface area contributed by atoms with Crippen molar-refractivity contribution in [2.75, 3.05) is 0 Å². The number of benzene rings is 1. The third kappa shape index (κ3) is 2.68. The summed E-state index contributed by atoms with van der Waals surface area (Å²) in [6, 6.07) is 3.58. The fraction of sp³-hybridized carbons (Fsp3) is 0.231. The van der Waals surface area contributed by atoms with Gasteiger partial charge in [0.2, 0.25) is 0 Å². The van der Waals surface area contributed by atoms with Crippen LogP contribution in [0.2, 0.25) is 0 Å². The van der Waals surface area contributed by atoms with E-state index in [0.29, 0.717) is 10.0 Å². The Morgan fingerprint density at radius 2 is 2.21 bits per heavy atom. The summed E-state index contributed by atoms with van der Waals surface area (Å²) < 4.78 is 13.5. The monoisotopic (exact) mass is 327 g/mol. The van der Waals surface area contributed by atoms with Gasteiger partial charge in [0.15, 0.2) is 5.78 Å². The number of carbonyl (C=O) groups is 2. The molecule has 100 valence electrons. The Morgan fingerprint density at radius 1 is 1.53 bits per heavy atom. The number of hydrogen-bond acceptors (Lipinski definition) is 3. The lowest BCUT2D eigenvalue weighted by Gasteiger charge is -2.25. The molecule has 1 aromatic carbocycles. The van der Waals surface area contributed by atoms with Crippen LogP contribution in [0.25, 0.3) is 0 Å². The van der Waals surface area contributed by atoms with E-state index in [9.17, 15) is 19.1 Å². The number of amides is 1. The van der Waals surface area contributed by atoms with Crippen LogP contribution >= 0.6 is 15.9 Å². The second kappa shape index (κ2) is 5.13. The van der Waals surface area contributed by atoms with Gasteiger partial charge in [-0.05, 0) is 24.6 Å². The highest BCUT2D eigenvalue weighted by molar-refractivity contribution is 9.10. The predicted molar refractivity (Wildman–Crippen MR) is 69.9 cm³/mol. The lowest BCUT2D eigenvalue weighted by Crippen LogP contribution is -2.37. The summed E-state index contributed by atoms with van der Waals surface area (Å²) in [6.45, 7) is 1.22. The van der Waals surface area contributed by atoms with E-state index in [1.165, 1.54) is 25.1 Å². The summed E-state index contributed by atoms with van der Waals surface area (Å²) in [5.41, 5.74) is 0.429. The molecule has 1 heterocycles. The van der Waals surface area contributed by atoms with Crippen molar-refractivity contribution in [1.82, 2.24) is 5.32 Å². The first-order valence-electron chi connectivity index (χ1n) is 5.59. The van der Waals surface area contributed by atoms with E-state index in [4.69, 9.17) is 0 Å². The van der Waals surface area contributed by atoms with E-state index in [1.54, 1.807) is 0 Å². The molecule has 1 unspecified atom stereocenters. The van der Waals surface area contributed by atoms with Gasteiger partial charge in [-0.3, -0.25) is 9.59 Å². The molecule has 0 fully saturated rings. The summed E-state index contributed by atoms with van der Waals surface area (Å²) in [5, 5.41) is 12.4. The van der Waals surface area contributed by atoms with E-state index in [2.05, 4.69) is 21.2 Å². The van der Waals surface area contributed by atoms with E-state index in [1.807, 2.05) is 0 Å². The molecule has 0 spiro atoms. The average molecular weight is 328 g/mol. The van der Waals surface area contributed by atoms with Crippen molar-refractivity contribution >= 4 is 27.6 Å². The molecule has 0 bridgehead atoms. The Morgan fingerprint density at radius 3 is 2.74 bits per heavy atom. The standard InChI is InChI=1S/C13H11BrFNO3/c1-6(17)12-11(18)5-10(16-13(12)19)8-3-2-7(15)4-9(8)14/h2-4,10,18H,5H2,1H3,(H,16,19). The van der Waals surface area contributed by atoms with Crippen LogP contribution in [0.1, 0.15) is 24.9 Å². The second-order valence-corrected chi connectivity index (χ2v) is 5.13. The molecular weight excluding hydrogens is 317 g/mol. The van der Waals surface area contributed by atoms with Crippen LogP contribution < -0.4 is 5.32 Å². The van der Waals surface area contributed by atoms with Crippen LogP contribution in [0, 0.1) is 5.82 Å². The highest BCUT2D eigenvalue weighted by Crippen LogP contribution is 2.31. The molecule has 6 heteroatoms. The molecule has 4 nitrogen and oxygen atoms in total. The molecule has 0 radical (unpaired) electrons. The molecule has 1 amide bonds. The highest BCUT2D eigenvalue weighted by Gasteiger charge is 2.31. The number of hydrogen-bond donors (Lipinski definition) is 2. The maximum Gasteiger partial charge on any atom is 0.258 e. The van der Waals surface area contributed by atoms with Gasteiger partial charge in [-0.1, -0.05) is 22.0 Å². The number of halogens is 2. The van der Waals surface area contributed by atoms with Gasteiger partial charge in [-0.15, -0.1) is 0 Å². The molecule has 0 aliphatic carbocycles. The molecule has 19 heavy (non-hydrogen) atoms. The van der Waals surface area contributed by atoms with Gasteiger partial charge < -0.3 is 10.4 Å². The van der Waals surface area contributed by atoms with Crippen LogP contribution in [0.4, 0.5) is 4.39 Å². The van der Waals surface area contributed by atoms with Crippen LogP contribution in [0.5, 0.6) is 0 Å². The Hall–Kier alpha value is -1.69. The summed E-state index contributed by atoms with van der Waals surface area (Å²) in [4.78, 5) is 23.0. The summed E-state index contributed by atoms with van der Waals surface area (Å²) in [7, 11) is 0. The van der Waals surface area contributed by atoms with Gasteiger partial charge in [-0.25, -0.2) is 4.39 Å². The lowest BCUT2D eigenvalue weighted by atomic mass is 9.95. The Balaban J connectivity index is 2.36. The molecule has 2 rings (SSSR count). The minimum Gasteiger partial charge on any atom is -0.511 e. The molecule has 0 saturated carbocycles. The van der Waals surface area contributed by atoms with Gasteiger partial charge in [-0.2, -0.15) is 0 Å². The lowest BCUT2D eigenvalue weighted by molar-refractivity contribution is -0.123. The zero-order valence-corrected chi connectivity index (χ0v) is 11.6. The normalized spacial score (nSPS) is 19.3. The molecular formula is C13H11BrFNO3. The van der Waals surface area contributed by atoms with Crippen molar-refractivity contribution in [2.45, 2.75) is 19.4 Å². The maximum absolute atomic E-state index is 13.0. The Labute approximate surface area is 117 Å². The fourth-order valence-electron chi connectivity index (χ4n) is 2.04.